The monoisotopic (exact) mass is 257 g/mol. The zero-order chi connectivity index (χ0) is 12.6. The fraction of sp³-hybridized carbons (Fsp3) is 0.727. The molecule has 0 saturated carbocycles. The molecule has 2 rings (SSSR count). The number of nitrogens with one attached hydrogen (secondary N) is 1. The van der Waals surface area contributed by atoms with Crippen LogP contribution < -0.4 is 0 Å². The molecule has 1 unspecified atom stereocenters. The second-order valence-corrected chi connectivity index (χ2v) is 6.92. The van der Waals surface area contributed by atoms with Crippen molar-refractivity contribution in [1.29, 1.82) is 0 Å². The number of hydrogen-bond acceptors (Lipinski definition) is 3. The van der Waals surface area contributed by atoms with Gasteiger partial charge >= 0.3 is 0 Å². The highest BCUT2D eigenvalue weighted by Gasteiger charge is 2.34. The quantitative estimate of drug-likeness (QED) is 0.889. The number of aromatic amines is 1. The van der Waals surface area contributed by atoms with Gasteiger partial charge < -0.3 is 0 Å². The molecule has 0 aliphatic carbocycles. The molecule has 1 aromatic rings. The molecule has 96 valence electrons. The van der Waals surface area contributed by atoms with Crippen molar-refractivity contribution in [2.45, 2.75) is 32.1 Å². The van der Waals surface area contributed by atoms with Crippen LogP contribution >= 0.6 is 0 Å². The Kier molecular flexibility index (Phi) is 3.27. The standard InChI is InChI=1S/C11H19N3O2S/c1-8(2)10-4-5-14(7-10)17(15,16)11-6-12-13-9(11)3/h6,8,10H,4-5,7H2,1-3H3,(H,12,13). The van der Waals surface area contributed by atoms with E-state index in [1.807, 2.05) is 0 Å². The second kappa shape index (κ2) is 4.42. The third-order valence-electron chi connectivity index (χ3n) is 3.53. The maximum Gasteiger partial charge on any atom is 0.246 e. The van der Waals surface area contributed by atoms with Crippen LogP contribution in [0.2, 0.25) is 0 Å². The Balaban J connectivity index is 2.22. The first-order chi connectivity index (χ1) is 7.93. The first-order valence-electron chi connectivity index (χ1n) is 5.93. The third kappa shape index (κ3) is 2.24. The number of rotatable bonds is 3. The average molecular weight is 257 g/mol. The van der Waals surface area contributed by atoms with E-state index in [4.69, 9.17) is 0 Å². The first kappa shape index (κ1) is 12.6. The summed E-state index contributed by atoms with van der Waals surface area (Å²) in [5, 5.41) is 6.46. The lowest BCUT2D eigenvalue weighted by Crippen LogP contribution is -2.29. The van der Waals surface area contributed by atoms with E-state index in [2.05, 4.69) is 24.0 Å². The summed E-state index contributed by atoms with van der Waals surface area (Å²) in [5.74, 6) is 0.998. The van der Waals surface area contributed by atoms with Crippen LogP contribution in [0.5, 0.6) is 0 Å². The van der Waals surface area contributed by atoms with Gasteiger partial charge in [-0.05, 0) is 25.2 Å². The van der Waals surface area contributed by atoms with E-state index in [-0.39, 0.29) is 0 Å². The van der Waals surface area contributed by atoms with Gasteiger partial charge in [0.05, 0.1) is 11.9 Å². The maximum absolute atomic E-state index is 12.4. The molecule has 6 heteroatoms. The van der Waals surface area contributed by atoms with Gasteiger partial charge in [-0.25, -0.2) is 8.42 Å². The first-order valence-corrected chi connectivity index (χ1v) is 7.37. The van der Waals surface area contributed by atoms with Crippen molar-refractivity contribution in [3.8, 4) is 0 Å². The Morgan fingerprint density at radius 3 is 2.71 bits per heavy atom. The highest BCUT2D eigenvalue weighted by molar-refractivity contribution is 7.89. The molecule has 1 aliphatic rings. The van der Waals surface area contributed by atoms with E-state index >= 15 is 0 Å². The van der Waals surface area contributed by atoms with Gasteiger partial charge in [-0.15, -0.1) is 0 Å². The third-order valence-corrected chi connectivity index (χ3v) is 5.51. The van der Waals surface area contributed by atoms with Crippen molar-refractivity contribution in [2.75, 3.05) is 13.1 Å². The molecule has 1 atom stereocenters. The predicted octanol–water partition coefficient (Wildman–Crippen LogP) is 1.38. The maximum atomic E-state index is 12.4. The molecule has 0 amide bonds. The predicted molar refractivity (Wildman–Crippen MR) is 65.0 cm³/mol. The van der Waals surface area contributed by atoms with Gasteiger partial charge in [0.2, 0.25) is 10.0 Å². The summed E-state index contributed by atoms with van der Waals surface area (Å²) in [4.78, 5) is 0.307. The lowest BCUT2D eigenvalue weighted by molar-refractivity contribution is 0.388. The minimum absolute atomic E-state index is 0.307. The Morgan fingerprint density at radius 2 is 2.24 bits per heavy atom. The van der Waals surface area contributed by atoms with Gasteiger partial charge in [0.1, 0.15) is 4.90 Å². The van der Waals surface area contributed by atoms with E-state index in [1.54, 1.807) is 11.2 Å². The summed E-state index contributed by atoms with van der Waals surface area (Å²) in [6.45, 7) is 7.27. The minimum Gasteiger partial charge on any atom is -0.281 e. The summed E-state index contributed by atoms with van der Waals surface area (Å²) < 4.78 is 26.3. The Morgan fingerprint density at radius 1 is 1.53 bits per heavy atom. The number of nitrogens with zero attached hydrogens (tertiary/aromatic N) is 2. The molecule has 1 fully saturated rings. The normalized spacial score (nSPS) is 22.5. The molecule has 17 heavy (non-hydrogen) atoms. The van der Waals surface area contributed by atoms with Crippen LogP contribution in [0.15, 0.2) is 11.1 Å². The second-order valence-electron chi connectivity index (χ2n) is 5.02. The molecule has 1 aliphatic heterocycles. The van der Waals surface area contributed by atoms with Crippen LogP contribution in [-0.4, -0.2) is 36.0 Å². The fourth-order valence-electron chi connectivity index (χ4n) is 2.26. The van der Waals surface area contributed by atoms with E-state index in [0.717, 1.165) is 6.42 Å². The minimum atomic E-state index is -3.35. The van der Waals surface area contributed by atoms with Crippen LogP contribution in [-0.2, 0) is 10.0 Å². The Labute approximate surface area is 102 Å². The lowest BCUT2D eigenvalue weighted by Gasteiger charge is -2.17. The van der Waals surface area contributed by atoms with E-state index in [9.17, 15) is 8.42 Å². The number of aryl methyl sites for hydroxylation is 1. The molecule has 0 radical (unpaired) electrons. The van der Waals surface area contributed by atoms with Crippen molar-refractivity contribution in [3.05, 3.63) is 11.9 Å². The van der Waals surface area contributed by atoms with Gasteiger partial charge in [0.15, 0.2) is 0 Å². The van der Waals surface area contributed by atoms with Crippen LogP contribution in [0, 0.1) is 18.8 Å². The van der Waals surface area contributed by atoms with Crippen LogP contribution in [0.25, 0.3) is 0 Å². The van der Waals surface area contributed by atoms with E-state index < -0.39 is 10.0 Å². The van der Waals surface area contributed by atoms with Crippen molar-refractivity contribution in [1.82, 2.24) is 14.5 Å². The summed E-state index contributed by atoms with van der Waals surface area (Å²) >= 11 is 0. The molecular formula is C11H19N3O2S. The van der Waals surface area contributed by atoms with Gasteiger partial charge in [-0.2, -0.15) is 9.40 Å². The summed E-state index contributed by atoms with van der Waals surface area (Å²) in [7, 11) is -3.35. The smallest absolute Gasteiger partial charge is 0.246 e. The molecule has 1 N–H and O–H groups in total. The van der Waals surface area contributed by atoms with Crippen molar-refractivity contribution in [3.63, 3.8) is 0 Å². The van der Waals surface area contributed by atoms with Crippen LogP contribution in [0.3, 0.4) is 0 Å². The van der Waals surface area contributed by atoms with Gasteiger partial charge in [-0.1, -0.05) is 13.8 Å². The zero-order valence-electron chi connectivity index (χ0n) is 10.5. The number of hydrogen-bond donors (Lipinski definition) is 1. The highest BCUT2D eigenvalue weighted by atomic mass is 32.2. The molecule has 5 nitrogen and oxygen atoms in total. The summed E-state index contributed by atoms with van der Waals surface area (Å²) in [6, 6.07) is 0. The molecule has 0 aromatic carbocycles. The largest absolute Gasteiger partial charge is 0.281 e. The van der Waals surface area contributed by atoms with Crippen molar-refractivity contribution >= 4 is 10.0 Å². The summed E-state index contributed by atoms with van der Waals surface area (Å²) in [6.07, 6.45) is 2.35. The van der Waals surface area contributed by atoms with E-state index in [1.165, 1.54) is 6.20 Å². The molecule has 2 heterocycles. The van der Waals surface area contributed by atoms with Crippen LogP contribution in [0.1, 0.15) is 26.0 Å². The number of H-pyrrole nitrogens is 1. The van der Waals surface area contributed by atoms with Gasteiger partial charge in [0, 0.05) is 13.1 Å². The molecule has 1 aromatic heterocycles. The van der Waals surface area contributed by atoms with Crippen LogP contribution in [0.4, 0.5) is 0 Å². The number of sulfonamides is 1. The Hall–Kier alpha value is -0.880. The van der Waals surface area contributed by atoms with Gasteiger partial charge in [-0.3, -0.25) is 5.10 Å². The zero-order valence-corrected chi connectivity index (χ0v) is 11.3. The molecular weight excluding hydrogens is 238 g/mol. The van der Waals surface area contributed by atoms with Crippen molar-refractivity contribution in [2.24, 2.45) is 11.8 Å². The van der Waals surface area contributed by atoms with Gasteiger partial charge in [0.25, 0.3) is 0 Å². The topological polar surface area (TPSA) is 66.1 Å². The molecule has 0 spiro atoms. The van der Waals surface area contributed by atoms with E-state index in [0.29, 0.717) is 35.5 Å². The SMILES string of the molecule is Cc1[nH]ncc1S(=O)(=O)N1CCC(C(C)C)C1. The number of aromatic nitrogens is 2. The molecule has 0 bridgehead atoms. The Bertz CT molecular complexity index is 493. The fourth-order valence-corrected chi connectivity index (χ4v) is 3.89. The average Bonchev–Trinajstić information content (AvgIpc) is 2.84. The highest BCUT2D eigenvalue weighted by Crippen LogP contribution is 2.28. The molecule has 1 saturated heterocycles. The van der Waals surface area contributed by atoms with Crippen molar-refractivity contribution < 1.29 is 8.42 Å². The summed E-state index contributed by atoms with van der Waals surface area (Å²) in [5.41, 5.74) is 0.609. The lowest BCUT2D eigenvalue weighted by atomic mass is 9.96.